The van der Waals surface area contributed by atoms with E-state index in [1.165, 1.54) is 44.6 Å². The molecule has 0 saturated carbocycles. The first kappa shape index (κ1) is 14.9. The molecule has 0 N–H and O–H groups in total. The van der Waals surface area contributed by atoms with Crippen molar-refractivity contribution in [1.82, 2.24) is 0 Å². The van der Waals surface area contributed by atoms with Gasteiger partial charge in [0.1, 0.15) is 5.94 Å². The molecule has 1 nitrogen and oxygen atoms in total. The van der Waals surface area contributed by atoms with E-state index in [-0.39, 0.29) is 0 Å². The molecule has 0 saturated heterocycles. The average Bonchev–Trinajstić information content (AvgIpc) is 2.31. The molecule has 0 aromatic carbocycles. The standard InChI is InChI=1S/C15H24O/c1-2-3-4-5-6-7-8-9-10-11-12-13-14-15-16/h8-9,11-12,14H,2-7,10,13H2,1H3. The molecule has 0 unspecified atom stereocenters. The largest absolute Gasteiger partial charge is 0.234 e. The quantitative estimate of drug-likeness (QED) is 0.298. The van der Waals surface area contributed by atoms with Gasteiger partial charge in [-0.2, -0.15) is 0 Å². The van der Waals surface area contributed by atoms with Crippen molar-refractivity contribution < 1.29 is 4.79 Å². The van der Waals surface area contributed by atoms with E-state index in [9.17, 15) is 4.79 Å². The van der Waals surface area contributed by atoms with E-state index in [1.54, 1.807) is 5.94 Å². The molecule has 0 fully saturated rings. The molecule has 0 rings (SSSR count). The Morgan fingerprint density at radius 1 is 0.875 bits per heavy atom. The van der Waals surface area contributed by atoms with Crippen LogP contribution in [0.15, 0.2) is 30.4 Å². The Morgan fingerprint density at radius 3 is 2.31 bits per heavy atom. The van der Waals surface area contributed by atoms with Crippen LogP contribution < -0.4 is 0 Å². The fourth-order valence-corrected chi connectivity index (χ4v) is 1.47. The second-order valence-electron chi connectivity index (χ2n) is 3.94. The molecule has 0 spiro atoms. The number of hydrogen-bond donors (Lipinski definition) is 0. The average molecular weight is 220 g/mol. The lowest BCUT2D eigenvalue weighted by Gasteiger charge is -1.95. The van der Waals surface area contributed by atoms with E-state index >= 15 is 0 Å². The second kappa shape index (κ2) is 13.9. The summed E-state index contributed by atoms with van der Waals surface area (Å²) in [5.41, 5.74) is 0. The number of allylic oxidation sites excluding steroid dienone is 5. The second-order valence-corrected chi connectivity index (χ2v) is 3.94. The topological polar surface area (TPSA) is 17.1 Å². The minimum atomic E-state index is 0.703. The Bertz CT molecular complexity index is 232. The van der Waals surface area contributed by atoms with Crippen LogP contribution in [0.4, 0.5) is 0 Å². The summed E-state index contributed by atoms with van der Waals surface area (Å²) in [6, 6.07) is 0. The van der Waals surface area contributed by atoms with Gasteiger partial charge in [-0.15, -0.1) is 0 Å². The molecule has 0 heterocycles. The molecule has 16 heavy (non-hydrogen) atoms. The smallest absolute Gasteiger partial charge is 0.120 e. The Balaban J connectivity index is 3.21. The van der Waals surface area contributed by atoms with Crippen LogP contribution in [0.5, 0.6) is 0 Å². The predicted octanol–water partition coefficient (Wildman–Crippen LogP) is 4.63. The predicted molar refractivity (Wildman–Crippen MR) is 71.2 cm³/mol. The Labute approximate surface area is 99.9 Å². The SMILES string of the molecule is CCCCCCCC=CCC=CCC=C=O. The molecular weight excluding hydrogens is 196 g/mol. The van der Waals surface area contributed by atoms with Gasteiger partial charge in [-0.05, 0) is 25.7 Å². The van der Waals surface area contributed by atoms with Gasteiger partial charge < -0.3 is 0 Å². The van der Waals surface area contributed by atoms with Crippen LogP contribution >= 0.6 is 0 Å². The zero-order chi connectivity index (χ0) is 11.9. The Kier molecular flexibility index (Phi) is 13.0. The highest BCUT2D eigenvalue weighted by atomic mass is 16.1. The number of hydrogen-bond acceptors (Lipinski definition) is 1. The number of carbonyl (C=O) groups excluding carboxylic acids is 1. The lowest BCUT2D eigenvalue weighted by molar-refractivity contribution is 0.568. The highest BCUT2D eigenvalue weighted by Gasteiger charge is 1.85. The molecule has 0 aliphatic heterocycles. The Morgan fingerprint density at radius 2 is 1.56 bits per heavy atom. The summed E-state index contributed by atoms with van der Waals surface area (Å²) in [4.78, 5) is 9.86. The molecule has 0 aromatic heterocycles. The van der Waals surface area contributed by atoms with Crippen molar-refractivity contribution in [2.24, 2.45) is 0 Å². The monoisotopic (exact) mass is 220 g/mol. The maximum atomic E-state index is 9.86. The summed E-state index contributed by atoms with van der Waals surface area (Å²) >= 11 is 0. The van der Waals surface area contributed by atoms with Gasteiger partial charge in [0, 0.05) is 6.08 Å². The lowest BCUT2D eigenvalue weighted by atomic mass is 10.1. The van der Waals surface area contributed by atoms with Crippen LogP contribution in [-0.4, -0.2) is 5.94 Å². The van der Waals surface area contributed by atoms with Crippen LogP contribution in [0.2, 0.25) is 0 Å². The van der Waals surface area contributed by atoms with Crippen molar-refractivity contribution in [1.29, 1.82) is 0 Å². The first-order valence-electron chi connectivity index (χ1n) is 6.41. The van der Waals surface area contributed by atoms with Gasteiger partial charge >= 0.3 is 0 Å². The van der Waals surface area contributed by atoms with E-state index in [0.717, 1.165) is 6.42 Å². The van der Waals surface area contributed by atoms with Gasteiger partial charge in [0.05, 0.1) is 0 Å². The zero-order valence-corrected chi connectivity index (χ0v) is 10.5. The molecular formula is C15H24O. The van der Waals surface area contributed by atoms with Crippen LogP contribution in [0.25, 0.3) is 0 Å². The summed E-state index contributed by atoms with van der Waals surface area (Å²) < 4.78 is 0. The highest BCUT2D eigenvalue weighted by molar-refractivity contribution is 5.45. The first-order valence-corrected chi connectivity index (χ1v) is 6.41. The van der Waals surface area contributed by atoms with Gasteiger partial charge in [0.15, 0.2) is 0 Å². The fraction of sp³-hybridized carbons (Fsp3) is 0.600. The van der Waals surface area contributed by atoms with Gasteiger partial charge in [0.25, 0.3) is 0 Å². The summed E-state index contributed by atoms with van der Waals surface area (Å²) in [5, 5.41) is 0. The zero-order valence-electron chi connectivity index (χ0n) is 10.5. The van der Waals surface area contributed by atoms with Crippen LogP contribution in [0, 0.1) is 0 Å². The fourth-order valence-electron chi connectivity index (χ4n) is 1.47. The van der Waals surface area contributed by atoms with Crippen LogP contribution in [0.1, 0.15) is 58.3 Å². The van der Waals surface area contributed by atoms with Crippen LogP contribution in [0.3, 0.4) is 0 Å². The summed E-state index contributed by atoms with van der Waals surface area (Å²) in [6.45, 7) is 2.24. The van der Waals surface area contributed by atoms with Gasteiger partial charge in [-0.25, -0.2) is 4.79 Å². The van der Waals surface area contributed by atoms with Crippen molar-refractivity contribution in [3.63, 3.8) is 0 Å². The maximum absolute atomic E-state index is 9.86. The highest BCUT2D eigenvalue weighted by Crippen LogP contribution is 2.05. The third-order valence-electron chi connectivity index (χ3n) is 2.42. The van der Waals surface area contributed by atoms with Crippen molar-refractivity contribution in [2.75, 3.05) is 0 Å². The van der Waals surface area contributed by atoms with Gasteiger partial charge in [-0.1, -0.05) is 56.9 Å². The number of rotatable bonds is 10. The molecule has 0 aliphatic rings. The van der Waals surface area contributed by atoms with E-state index in [0.29, 0.717) is 6.42 Å². The molecule has 0 aliphatic carbocycles. The molecule has 0 aromatic rings. The molecule has 0 radical (unpaired) electrons. The normalized spacial score (nSPS) is 11.1. The summed E-state index contributed by atoms with van der Waals surface area (Å²) in [5.74, 6) is 1.76. The summed E-state index contributed by atoms with van der Waals surface area (Å²) in [7, 11) is 0. The third-order valence-corrected chi connectivity index (χ3v) is 2.42. The van der Waals surface area contributed by atoms with Gasteiger partial charge in [-0.3, -0.25) is 0 Å². The van der Waals surface area contributed by atoms with Crippen molar-refractivity contribution in [2.45, 2.75) is 58.3 Å². The number of unbranched alkanes of at least 4 members (excludes halogenated alkanes) is 5. The van der Waals surface area contributed by atoms with E-state index in [2.05, 4.69) is 25.2 Å². The molecule has 0 amide bonds. The van der Waals surface area contributed by atoms with Crippen LogP contribution in [-0.2, 0) is 4.79 Å². The van der Waals surface area contributed by atoms with Crippen molar-refractivity contribution in [3.05, 3.63) is 30.4 Å². The van der Waals surface area contributed by atoms with Gasteiger partial charge in [0.2, 0.25) is 0 Å². The van der Waals surface area contributed by atoms with E-state index in [1.807, 2.05) is 6.08 Å². The summed E-state index contributed by atoms with van der Waals surface area (Å²) in [6.07, 6.45) is 19.6. The minimum Gasteiger partial charge on any atom is -0.234 e. The van der Waals surface area contributed by atoms with Crippen molar-refractivity contribution in [3.8, 4) is 0 Å². The first-order chi connectivity index (χ1) is 7.91. The molecule has 90 valence electrons. The molecule has 0 atom stereocenters. The Hall–Kier alpha value is -1.07. The molecule has 0 bridgehead atoms. The third kappa shape index (κ3) is 12.9. The van der Waals surface area contributed by atoms with Crippen molar-refractivity contribution >= 4 is 5.94 Å². The van der Waals surface area contributed by atoms with E-state index < -0.39 is 0 Å². The maximum Gasteiger partial charge on any atom is 0.120 e. The lowest BCUT2D eigenvalue weighted by Crippen LogP contribution is -1.75. The minimum absolute atomic E-state index is 0.703. The van der Waals surface area contributed by atoms with E-state index in [4.69, 9.17) is 0 Å². The molecule has 1 heteroatoms.